The number of alkyl halides is 3. The maximum Gasteiger partial charge on any atom is 0.416 e. The van der Waals surface area contributed by atoms with Crippen LogP contribution in [0.4, 0.5) is 13.2 Å². The zero-order valence-corrected chi connectivity index (χ0v) is 13.6. The summed E-state index contributed by atoms with van der Waals surface area (Å²) in [6.45, 7) is 2.21. The van der Waals surface area contributed by atoms with E-state index in [0.29, 0.717) is 29.6 Å². The van der Waals surface area contributed by atoms with Crippen LogP contribution in [0.3, 0.4) is 0 Å². The number of aromatic nitrogens is 4. The molecule has 0 fully saturated rings. The zero-order chi connectivity index (χ0) is 18.0. The molecule has 0 N–H and O–H groups in total. The van der Waals surface area contributed by atoms with Crippen LogP contribution in [0, 0.1) is 6.92 Å². The molecule has 0 spiro atoms. The van der Waals surface area contributed by atoms with Gasteiger partial charge in [-0.05, 0) is 24.6 Å². The summed E-state index contributed by atoms with van der Waals surface area (Å²) in [6.07, 6.45) is 0.695. The van der Waals surface area contributed by atoms with Gasteiger partial charge in [0.2, 0.25) is 5.88 Å². The van der Waals surface area contributed by atoms with Crippen LogP contribution in [-0.4, -0.2) is 26.6 Å². The number of aryl methyl sites for hydroxylation is 1. The number of rotatable bonds is 4. The number of hydrogen-bond acceptors (Lipinski definition) is 4. The molecule has 0 saturated carbocycles. The van der Waals surface area contributed by atoms with Crippen LogP contribution in [0.2, 0.25) is 0 Å². The minimum Gasteiger partial charge on any atom is -0.480 e. The quantitative estimate of drug-likeness (QED) is 0.721. The summed E-state index contributed by atoms with van der Waals surface area (Å²) in [6, 6.07) is 4.83. The van der Waals surface area contributed by atoms with Crippen molar-refractivity contribution in [3.05, 3.63) is 59.8 Å². The molecule has 0 bridgehead atoms. The molecule has 0 aliphatic heterocycles. The Kier molecular flexibility index (Phi) is 4.43. The van der Waals surface area contributed by atoms with Crippen molar-refractivity contribution in [2.24, 2.45) is 0 Å². The summed E-state index contributed by atoms with van der Waals surface area (Å²) in [5, 5.41) is 0. The first kappa shape index (κ1) is 16.9. The molecule has 8 heteroatoms. The normalized spacial score (nSPS) is 11.6. The van der Waals surface area contributed by atoms with E-state index in [9.17, 15) is 13.2 Å². The highest BCUT2D eigenvalue weighted by atomic mass is 19.4. The highest BCUT2D eigenvalue weighted by molar-refractivity contribution is 5.57. The van der Waals surface area contributed by atoms with E-state index in [4.69, 9.17) is 4.74 Å². The van der Waals surface area contributed by atoms with Crippen LogP contribution < -0.4 is 4.74 Å². The number of methoxy groups -OCH3 is 1. The lowest BCUT2D eigenvalue weighted by Gasteiger charge is -2.09. The average Bonchev–Trinajstić information content (AvgIpc) is 2.99. The lowest BCUT2D eigenvalue weighted by molar-refractivity contribution is -0.137. The van der Waals surface area contributed by atoms with Crippen molar-refractivity contribution in [2.75, 3.05) is 7.11 Å². The van der Waals surface area contributed by atoms with E-state index in [1.54, 1.807) is 23.2 Å². The van der Waals surface area contributed by atoms with E-state index in [-0.39, 0.29) is 0 Å². The third kappa shape index (κ3) is 3.78. The molecule has 0 radical (unpaired) electrons. The first-order valence-corrected chi connectivity index (χ1v) is 7.43. The van der Waals surface area contributed by atoms with Gasteiger partial charge in [-0.25, -0.2) is 9.97 Å². The fraction of sp³-hybridized carbons (Fsp3) is 0.235. The molecular formula is C17H15F3N4O. The molecule has 0 saturated heterocycles. The van der Waals surface area contributed by atoms with Gasteiger partial charge in [-0.1, -0.05) is 12.1 Å². The van der Waals surface area contributed by atoms with E-state index in [1.807, 2.05) is 6.92 Å². The molecule has 3 aromatic rings. The van der Waals surface area contributed by atoms with Crippen molar-refractivity contribution in [3.63, 3.8) is 0 Å². The average molecular weight is 348 g/mol. The SMILES string of the molecule is COc1cn(Cc2ncc(C)cn2)c(-c2ccc(C(F)(F)F)cc2)n1. The third-order valence-electron chi connectivity index (χ3n) is 3.58. The Morgan fingerprint density at radius 2 is 1.72 bits per heavy atom. The fourth-order valence-corrected chi connectivity index (χ4v) is 2.30. The van der Waals surface area contributed by atoms with Crippen molar-refractivity contribution in [2.45, 2.75) is 19.6 Å². The number of halogens is 3. The zero-order valence-electron chi connectivity index (χ0n) is 13.6. The van der Waals surface area contributed by atoms with E-state index in [1.165, 1.54) is 19.2 Å². The number of nitrogens with zero attached hydrogens (tertiary/aromatic N) is 4. The standard InChI is InChI=1S/C17H15F3N4O/c1-11-7-21-14(22-8-11)9-24-10-15(25-2)23-16(24)12-3-5-13(6-4-12)17(18,19)20/h3-8,10H,9H2,1-2H3. The highest BCUT2D eigenvalue weighted by Crippen LogP contribution is 2.31. The van der Waals surface area contributed by atoms with Crippen LogP contribution in [0.15, 0.2) is 42.9 Å². The number of imidazole rings is 1. The van der Waals surface area contributed by atoms with E-state index in [2.05, 4.69) is 15.0 Å². The summed E-state index contributed by atoms with van der Waals surface area (Å²) < 4.78 is 45.0. The van der Waals surface area contributed by atoms with Gasteiger partial charge in [0.25, 0.3) is 0 Å². The Labute approximate surface area is 142 Å². The van der Waals surface area contributed by atoms with Gasteiger partial charge in [-0.3, -0.25) is 0 Å². The summed E-state index contributed by atoms with van der Waals surface area (Å²) in [4.78, 5) is 12.8. The van der Waals surface area contributed by atoms with Crippen LogP contribution in [-0.2, 0) is 12.7 Å². The van der Waals surface area contributed by atoms with Crippen molar-refractivity contribution in [3.8, 4) is 17.3 Å². The van der Waals surface area contributed by atoms with Crippen molar-refractivity contribution in [1.82, 2.24) is 19.5 Å². The van der Waals surface area contributed by atoms with Gasteiger partial charge in [0, 0.05) is 18.0 Å². The lowest BCUT2D eigenvalue weighted by atomic mass is 10.1. The van der Waals surface area contributed by atoms with Gasteiger partial charge in [0.15, 0.2) is 0 Å². The second kappa shape index (κ2) is 6.54. The second-order valence-electron chi connectivity index (χ2n) is 5.49. The highest BCUT2D eigenvalue weighted by Gasteiger charge is 2.30. The smallest absolute Gasteiger partial charge is 0.416 e. The maximum absolute atomic E-state index is 12.7. The molecule has 3 rings (SSSR count). The minimum absolute atomic E-state index is 0.326. The maximum atomic E-state index is 12.7. The molecule has 0 unspecified atom stereocenters. The predicted molar refractivity (Wildman–Crippen MR) is 85.1 cm³/mol. The number of hydrogen-bond donors (Lipinski definition) is 0. The molecule has 25 heavy (non-hydrogen) atoms. The lowest BCUT2D eigenvalue weighted by Crippen LogP contribution is -2.06. The predicted octanol–water partition coefficient (Wildman–Crippen LogP) is 3.72. The molecule has 5 nitrogen and oxygen atoms in total. The monoisotopic (exact) mass is 348 g/mol. The summed E-state index contributed by atoms with van der Waals surface area (Å²) in [7, 11) is 1.48. The van der Waals surface area contributed by atoms with Crippen molar-refractivity contribution in [1.29, 1.82) is 0 Å². The number of ether oxygens (including phenoxy) is 1. The first-order chi connectivity index (χ1) is 11.9. The Morgan fingerprint density at radius 1 is 1.08 bits per heavy atom. The Morgan fingerprint density at radius 3 is 2.28 bits per heavy atom. The minimum atomic E-state index is -4.37. The van der Waals surface area contributed by atoms with Gasteiger partial charge in [0.1, 0.15) is 11.6 Å². The first-order valence-electron chi connectivity index (χ1n) is 7.43. The summed E-state index contributed by atoms with van der Waals surface area (Å²) in [5.41, 5.74) is 0.779. The molecule has 0 amide bonds. The van der Waals surface area contributed by atoms with Crippen molar-refractivity contribution < 1.29 is 17.9 Å². The molecule has 0 atom stereocenters. The molecule has 0 aliphatic carbocycles. The van der Waals surface area contributed by atoms with Crippen LogP contribution in [0.5, 0.6) is 5.88 Å². The van der Waals surface area contributed by atoms with Crippen LogP contribution in [0.1, 0.15) is 17.0 Å². The Balaban J connectivity index is 1.95. The van der Waals surface area contributed by atoms with Gasteiger partial charge in [0.05, 0.1) is 25.4 Å². The van der Waals surface area contributed by atoms with Gasteiger partial charge in [-0.2, -0.15) is 18.2 Å². The second-order valence-corrected chi connectivity index (χ2v) is 5.49. The topological polar surface area (TPSA) is 52.8 Å². The molecule has 2 heterocycles. The summed E-state index contributed by atoms with van der Waals surface area (Å²) >= 11 is 0. The molecule has 130 valence electrons. The largest absolute Gasteiger partial charge is 0.480 e. The summed E-state index contributed by atoms with van der Waals surface area (Å²) in [5.74, 6) is 1.41. The van der Waals surface area contributed by atoms with Gasteiger partial charge >= 0.3 is 6.18 Å². The number of benzene rings is 1. The molecule has 2 aromatic heterocycles. The Hall–Kier alpha value is -2.90. The van der Waals surface area contributed by atoms with Crippen molar-refractivity contribution >= 4 is 0 Å². The van der Waals surface area contributed by atoms with E-state index < -0.39 is 11.7 Å². The van der Waals surface area contributed by atoms with Gasteiger partial charge in [-0.15, -0.1) is 0 Å². The van der Waals surface area contributed by atoms with Crippen LogP contribution in [0.25, 0.3) is 11.4 Å². The molecule has 0 aliphatic rings. The van der Waals surface area contributed by atoms with Crippen LogP contribution >= 0.6 is 0 Å². The molecule has 1 aromatic carbocycles. The van der Waals surface area contributed by atoms with Gasteiger partial charge < -0.3 is 9.30 Å². The molecular weight excluding hydrogens is 333 g/mol. The fourth-order valence-electron chi connectivity index (χ4n) is 2.30. The third-order valence-corrected chi connectivity index (χ3v) is 3.58. The Bertz CT molecular complexity index is 855. The van der Waals surface area contributed by atoms with E-state index in [0.717, 1.165) is 17.7 Å². The van der Waals surface area contributed by atoms with E-state index >= 15 is 0 Å².